The maximum Gasteiger partial charge on any atom is 0.240 e. The van der Waals surface area contributed by atoms with Gasteiger partial charge in [0.25, 0.3) is 0 Å². The lowest BCUT2D eigenvalue weighted by Gasteiger charge is -2.29. The number of benzene rings is 2. The summed E-state index contributed by atoms with van der Waals surface area (Å²) in [5.74, 6) is -0.529. The third-order valence-electron chi connectivity index (χ3n) is 6.35. The number of aryl methyl sites for hydroxylation is 1. The van der Waals surface area contributed by atoms with Crippen LogP contribution in [0.4, 0.5) is 4.39 Å². The van der Waals surface area contributed by atoms with Gasteiger partial charge in [-0.15, -0.1) is 0 Å². The largest absolute Gasteiger partial charge is 0.349 e. The summed E-state index contributed by atoms with van der Waals surface area (Å²) in [6.45, 7) is 1.87. The van der Waals surface area contributed by atoms with Gasteiger partial charge in [-0.05, 0) is 68.0 Å². The molecule has 9 heteroatoms. The Bertz CT molecular complexity index is 1230. The van der Waals surface area contributed by atoms with Gasteiger partial charge >= 0.3 is 0 Å². The van der Waals surface area contributed by atoms with Crippen LogP contribution in [0.1, 0.15) is 44.2 Å². The molecule has 0 unspecified atom stereocenters. The minimum atomic E-state index is -3.65. The molecule has 0 aliphatic heterocycles. The van der Waals surface area contributed by atoms with Crippen LogP contribution in [0.2, 0.25) is 0 Å². The summed E-state index contributed by atoms with van der Waals surface area (Å²) < 4.78 is 43.3. The summed E-state index contributed by atoms with van der Waals surface area (Å²) >= 11 is 0. The third-order valence-corrected chi connectivity index (χ3v) is 7.89. The summed E-state index contributed by atoms with van der Waals surface area (Å²) in [4.78, 5) is 12.9. The molecule has 0 spiro atoms. The highest BCUT2D eigenvalue weighted by Gasteiger charge is 2.29. The SMILES string of the molecule is C[C@@H](NC(=O)[C@H]1CC[C@H](NS(=O)(=O)c2ccc(-c3cnn(C)c3)cc2)CC1)c1ccc(F)cc1. The molecule has 0 saturated heterocycles. The fourth-order valence-electron chi connectivity index (χ4n) is 4.32. The number of hydrogen-bond acceptors (Lipinski definition) is 4. The highest BCUT2D eigenvalue weighted by Crippen LogP contribution is 2.27. The molecule has 0 radical (unpaired) electrons. The third kappa shape index (κ3) is 5.71. The average Bonchev–Trinajstić information content (AvgIpc) is 3.26. The van der Waals surface area contributed by atoms with Crippen LogP contribution in [-0.2, 0) is 21.9 Å². The lowest BCUT2D eigenvalue weighted by Crippen LogP contribution is -2.41. The van der Waals surface area contributed by atoms with Crippen molar-refractivity contribution < 1.29 is 17.6 Å². The van der Waals surface area contributed by atoms with Crippen LogP contribution in [0, 0.1) is 11.7 Å². The standard InChI is InChI=1S/C25H29FN4O3S/c1-17(18-3-9-22(26)10-4-18)28-25(31)20-5-11-23(12-6-20)29-34(32,33)24-13-7-19(8-14-24)21-15-27-30(2)16-21/h3-4,7-10,13-17,20,23,29H,5-6,11-12H2,1-2H3,(H,28,31)/t17-,20-,23-/m1/s1. The quantitative estimate of drug-likeness (QED) is 0.531. The second-order valence-electron chi connectivity index (χ2n) is 8.88. The highest BCUT2D eigenvalue weighted by molar-refractivity contribution is 7.89. The first-order chi connectivity index (χ1) is 16.2. The molecule has 2 aromatic carbocycles. The van der Waals surface area contributed by atoms with E-state index in [0.717, 1.165) is 16.7 Å². The molecule has 1 fully saturated rings. The van der Waals surface area contributed by atoms with E-state index >= 15 is 0 Å². The summed E-state index contributed by atoms with van der Waals surface area (Å²) in [5, 5.41) is 7.13. The van der Waals surface area contributed by atoms with E-state index in [9.17, 15) is 17.6 Å². The van der Waals surface area contributed by atoms with Crippen LogP contribution in [0.5, 0.6) is 0 Å². The topological polar surface area (TPSA) is 93.1 Å². The fraction of sp³-hybridized carbons (Fsp3) is 0.360. The Morgan fingerprint density at radius 3 is 2.26 bits per heavy atom. The Labute approximate surface area is 199 Å². The number of nitrogens with zero attached hydrogens (tertiary/aromatic N) is 2. The smallest absolute Gasteiger partial charge is 0.240 e. The van der Waals surface area contributed by atoms with Crippen molar-refractivity contribution in [1.82, 2.24) is 19.8 Å². The van der Waals surface area contributed by atoms with Gasteiger partial charge in [0.1, 0.15) is 5.82 Å². The lowest BCUT2D eigenvalue weighted by atomic mass is 9.85. The Hall–Kier alpha value is -3.04. The number of hydrogen-bond donors (Lipinski definition) is 2. The molecule has 2 N–H and O–H groups in total. The van der Waals surface area contributed by atoms with E-state index in [1.807, 2.05) is 20.2 Å². The van der Waals surface area contributed by atoms with E-state index in [1.165, 1.54) is 12.1 Å². The molecule has 1 atom stereocenters. The summed E-state index contributed by atoms with van der Waals surface area (Å²) in [5.41, 5.74) is 2.66. The van der Waals surface area contributed by atoms with Crippen molar-refractivity contribution >= 4 is 15.9 Å². The Balaban J connectivity index is 1.29. The van der Waals surface area contributed by atoms with Crippen molar-refractivity contribution in [2.24, 2.45) is 13.0 Å². The molecule has 1 heterocycles. The number of carbonyl (C=O) groups excluding carboxylic acids is 1. The van der Waals surface area contributed by atoms with Crippen LogP contribution < -0.4 is 10.0 Å². The lowest BCUT2D eigenvalue weighted by molar-refractivity contribution is -0.126. The molecule has 1 amide bonds. The molecule has 1 saturated carbocycles. The van der Waals surface area contributed by atoms with Crippen molar-refractivity contribution in [2.45, 2.75) is 49.6 Å². The molecular weight excluding hydrogens is 455 g/mol. The van der Waals surface area contributed by atoms with Crippen molar-refractivity contribution in [3.05, 3.63) is 72.3 Å². The molecule has 0 bridgehead atoms. The van der Waals surface area contributed by atoms with E-state index in [0.29, 0.717) is 25.7 Å². The maximum absolute atomic E-state index is 13.1. The molecule has 7 nitrogen and oxygen atoms in total. The van der Waals surface area contributed by atoms with Gasteiger partial charge in [0, 0.05) is 30.8 Å². The average molecular weight is 485 g/mol. The number of halogens is 1. The van der Waals surface area contributed by atoms with E-state index in [-0.39, 0.29) is 34.6 Å². The van der Waals surface area contributed by atoms with Crippen molar-refractivity contribution in [1.29, 1.82) is 0 Å². The second kappa shape index (κ2) is 10.1. The highest BCUT2D eigenvalue weighted by atomic mass is 32.2. The molecule has 1 aromatic heterocycles. The number of nitrogens with one attached hydrogen (secondary N) is 2. The van der Waals surface area contributed by atoms with Crippen LogP contribution >= 0.6 is 0 Å². The van der Waals surface area contributed by atoms with E-state index in [2.05, 4.69) is 15.1 Å². The van der Waals surface area contributed by atoms with Gasteiger partial charge in [-0.3, -0.25) is 9.48 Å². The maximum atomic E-state index is 13.1. The number of carbonyl (C=O) groups is 1. The van der Waals surface area contributed by atoms with Crippen molar-refractivity contribution in [3.8, 4) is 11.1 Å². The zero-order valence-corrected chi connectivity index (χ0v) is 20.1. The zero-order valence-electron chi connectivity index (χ0n) is 19.2. The second-order valence-corrected chi connectivity index (χ2v) is 10.6. The van der Waals surface area contributed by atoms with Crippen LogP contribution in [0.15, 0.2) is 65.8 Å². The summed E-state index contributed by atoms with van der Waals surface area (Å²) in [7, 11) is -1.82. The van der Waals surface area contributed by atoms with E-state index in [4.69, 9.17) is 0 Å². The number of sulfonamides is 1. The fourth-order valence-corrected chi connectivity index (χ4v) is 5.63. The predicted octanol–water partition coefficient (Wildman–Crippen LogP) is 3.94. The number of rotatable bonds is 7. The van der Waals surface area contributed by atoms with Gasteiger partial charge in [-0.25, -0.2) is 17.5 Å². The summed E-state index contributed by atoms with van der Waals surface area (Å²) in [6.07, 6.45) is 6.00. The Morgan fingerprint density at radius 2 is 1.68 bits per heavy atom. The van der Waals surface area contributed by atoms with Crippen molar-refractivity contribution in [3.63, 3.8) is 0 Å². The van der Waals surface area contributed by atoms with Gasteiger partial charge in [0.15, 0.2) is 0 Å². The first-order valence-electron chi connectivity index (χ1n) is 11.4. The molecule has 4 rings (SSSR count). The minimum absolute atomic E-state index is 0.0517. The van der Waals surface area contributed by atoms with Crippen LogP contribution in [-0.4, -0.2) is 30.1 Å². The molecule has 3 aromatic rings. The first kappa shape index (κ1) is 24.1. The normalized spacial score (nSPS) is 19.5. The van der Waals surface area contributed by atoms with Crippen LogP contribution in [0.25, 0.3) is 11.1 Å². The van der Waals surface area contributed by atoms with Crippen LogP contribution in [0.3, 0.4) is 0 Å². The van der Waals surface area contributed by atoms with Gasteiger partial charge in [0.05, 0.1) is 17.1 Å². The van der Waals surface area contributed by atoms with E-state index in [1.54, 1.807) is 47.3 Å². The molecule has 1 aliphatic carbocycles. The number of amides is 1. The van der Waals surface area contributed by atoms with Crippen molar-refractivity contribution in [2.75, 3.05) is 0 Å². The molecule has 180 valence electrons. The van der Waals surface area contributed by atoms with E-state index < -0.39 is 10.0 Å². The Kier molecular flexibility index (Phi) is 7.13. The molecular formula is C25H29FN4O3S. The zero-order chi connectivity index (χ0) is 24.3. The van der Waals surface area contributed by atoms with Gasteiger partial charge in [-0.2, -0.15) is 5.10 Å². The predicted molar refractivity (Wildman–Crippen MR) is 128 cm³/mol. The van der Waals surface area contributed by atoms with Gasteiger partial charge < -0.3 is 5.32 Å². The Morgan fingerprint density at radius 1 is 1.03 bits per heavy atom. The summed E-state index contributed by atoms with van der Waals surface area (Å²) in [6, 6.07) is 12.4. The van der Waals surface area contributed by atoms with Gasteiger partial charge in [0.2, 0.25) is 15.9 Å². The monoisotopic (exact) mass is 484 g/mol. The molecule has 1 aliphatic rings. The minimum Gasteiger partial charge on any atom is -0.349 e. The van der Waals surface area contributed by atoms with Gasteiger partial charge in [-0.1, -0.05) is 24.3 Å². The molecule has 34 heavy (non-hydrogen) atoms. The number of aromatic nitrogens is 2. The first-order valence-corrected chi connectivity index (χ1v) is 12.9.